The fraction of sp³-hybridized carbons (Fsp3) is 0.528. The molecule has 51 heavy (non-hydrogen) atoms. The molecule has 4 N–H and O–H groups in total. The summed E-state index contributed by atoms with van der Waals surface area (Å²) in [4.78, 5) is 62.6. The molecule has 1 aliphatic heterocycles. The summed E-state index contributed by atoms with van der Waals surface area (Å²) in [6.07, 6.45) is 14.8. The summed E-state index contributed by atoms with van der Waals surface area (Å²) < 4.78 is 28.1. The molecule has 2 aromatic rings. The molecule has 0 radical (unpaired) electrons. The van der Waals surface area contributed by atoms with Gasteiger partial charge in [0.05, 0.1) is 18.9 Å². The van der Waals surface area contributed by atoms with Gasteiger partial charge in [-0.3, -0.25) is 23.9 Å². The van der Waals surface area contributed by atoms with Gasteiger partial charge in [0.1, 0.15) is 11.8 Å². The van der Waals surface area contributed by atoms with Crippen molar-refractivity contribution in [3.63, 3.8) is 0 Å². The van der Waals surface area contributed by atoms with Crippen LogP contribution in [-0.4, -0.2) is 98.6 Å². The lowest BCUT2D eigenvalue weighted by Gasteiger charge is -2.24. The average Bonchev–Trinajstić information content (AvgIpc) is 4.07. The lowest BCUT2D eigenvalue weighted by molar-refractivity contribution is -0.137. The SMILES string of the molecule is C#C.C=C.CC(C)C.CCN(C)C(=O)NCC(=O)N1CCC[C@H]1C(=O)NC1CC1.COc1ccc2c(=O)[nH]ccc2c1.O=CNS(=O)(=O)C1CC1. The molecule has 1 atom stereocenters. The number of ether oxygens (including phenoxy) is 1. The minimum absolute atomic E-state index is 0.0552. The van der Waals surface area contributed by atoms with Crippen LogP contribution in [0.1, 0.15) is 66.2 Å². The van der Waals surface area contributed by atoms with E-state index in [0.717, 1.165) is 36.3 Å². The molecule has 15 heteroatoms. The fourth-order valence-corrected chi connectivity index (χ4v) is 5.32. The molecule has 0 spiro atoms. The van der Waals surface area contributed by atoms with Crippen LogP contribution in [0.25, 0.3) is 10.8 Å². The Balaban J connectivity index is 0.000000710. The van der Waals surface area contributed by atoms with Crippen LogP contribution in [0.4, 0.5) is 4.79 Å². The normalized spacial score (nSPS) is 15.5. The molecule has 3 fully saturated rings. The number of hydrogen-bond donors (Lipinski definition) is 4. The van der Waals surface area contributed by atoms with Crippen LogP contribution in [0.5, 0.6) is 5.75 Å². The van der Waals surface area contributed by atoms with Crippen LogP contribution in [-0.2, 0) is 24.4 Å². The first-order chi connectivity index (χ1) is 24.2. The number of hydrogen-bond acceptors (Lipinski definition) is 8. The van der Waals surface area contributed by atoms with Crippen LogP contribution in [0, 0.1) is 18.8 Å². The number of benzene rings is 1. The molecule has 1 saturated heterocycles. The molecule has 1 aromatic heterocycles. The predicted octanol–water partition coefficient (Wildman–Crippen LogP) is 3.39. The molecule has 2 heterocycles. The van der Waals surface area contributed by atoms with E-state index in [1.165, 1.54) is 4.90 Å². The first-order valence-electron chi connectivity index (χ1n) is 16.8. The predicted molar refractivity (Wildman–Crippen MR) is 202 cm³/mol. The van der Waals surface area contributed by atoms with Crippen molar-refractivity contribution in [2.45, 2.75) is 83.6 Å². The Kier molecular flexibility index (Phi) is 22.0. The highest BCUT2D eigenvalue weighted by molar-refractivity contribution is 7.90. The van der Waals surface area contributed by atoms with Crippen molar-refractivity contribution in [2.75, 3.05) is 33.8 Å². The van der Waals surface area contributed by atoms with Gasteiger partial charge in [0.25, 0.3) is 5.56 Å². The van der Waals surface area contributed by atoms with E-state index >= 15 is 0 Å². The maximum absolute atomic E-state index is 12.2. The third-order valence-corrected chi connectivity index (χ3v) is 8.94. The molecule has 14 nitrogen and oxygen atoms in total. The molecule has 5 rings (SSSR count). The zero-order valence-electron chi connectivity index (χ0n) is 30.8. The lowest BCUT2D eigenvalue weighted by atomic mass is 10.2. The minimum atomic E-state index is -3.26. The second-order valence-corrected chi connectivity index (χ2v) is 14.2. The Bertz CT molecular complexity index is 1570. The van der Waals surface area contributed by atoms with Crippen LogP contribution >= 0.6 is 0 Å². The monoisotopic (exact) mass is 732 g/mol. The fourth-order valence-electron chi connectivity index (χ4n) is 4.23. The number of sulfonamides is 1. The second kappa shape index (κ2) is 24.3. The van der Waals surface area contributed by atoms with Gasteiger partial charge >= 0.3 is 6.03 Å². The van der Waals surface area contributed by atoms with Crippen molar-refractivity contribution in [1.82, 2.24) is 30.1 Å². The number of carbonyl (C=O) groups excluding carboxylic acids is 4. The number of nitrogens with one attached hydrogen (secondary N) is 4. The molecule has 2 aliphatic carbocycles. The van der Waals surface area contributed by atoms with Crippen molar-refractivity contribution >= 4 is 45.1 Å². The van der Waals surface area contributed by atoms with Gasteiger partial charge in [-0.05, 0) is 81.0 Å². The van der Waals surface area contributed by atoms with Crippen molar-refractivity contribution < 1.29 is 32.3 Å². The number of rotatable bonds is 9. The van der Waals surface area contributed by atoms with E-state index < -0.39 is 10.0 Å². The lowest BCUT2D eigenvalue weighted by Crippen LogP contribution is -2.50. The highest BCUT2D eigenvalue weighted by Crippen LogP contribution is 2.27. The molecule has 2 saturated carbocycles. The van der Waals surface area contributed by atoms with E-state index in [1.807, 2.05) is 19.1 Å². The Labute approximate surface area is 302 Å². The molecular weight excluding hydrogens is 676 g/mol. The number of H-pyrrole nitrogens is 1. The van der Waals surface area contributed by atoms with Gasteiger partial charge in [-0.15, -0.1) is 26.0 Å². The van der Waals surface area contributed by atoms with Gasteiger partial charge in [-0.2, -0.15) is 0 Å². The number of aromatic amines is 1. The molecule has 5 amide bonds. The zero-order chi connectivity index (χ0) is 39.1. The smallest absolute Gasteiger partial charge is 0.317 e. The van der Waals surface area contributed by atoms with Crippen molar-refractivity contribution in [3.8, 4) is 18.6 Å². The summed E-state index contributed by atoms with van der Waals surface area (Å²) in [5.41, 5.74) is -0.0693. The Hall–Kier alpha value is -4.84. The largest absolute Gasteiger partial charge is 0.497 e. The highest BCUT2D eigenvalue weighted by atomic mass is 32.2. The van der Waals surface area contributed by atoms with E-state index in [1.54, 1.807) is 42.1 Å². The highest BCUT2D eigenvalue weighted by Gasteiger charge is 2.36. The van der Waals surface area contributed by atoms with E-state index in [4.69, 9.17) is 4.74 Å². The van der Waals surface area contributed by atoms with Crippen LogP contribution in [0.15, 0.2) is 48.4 Å². The molecule has 3 aliphatic rings. The number of aromatic nitrogens is 1. The van der Waals surface area contributed by atoms with Gasteiger partial charge < -0.3 is 30.2 Å². The van der Waals surface area contributed by atoms with E-state index in [2.05, 4.69) is 62.4 Å². The summed E-state index contributed by atoms with van der Waals surface area (Å²) in [7, 11) is 0.0185. The number of nitrogens with zero attached hydrogens (tertiary/aromatic N) is 2. The van der Waals surface area contributed by atoms with Crippen LogP contribution in [0.2, 0.25) is 0 Å². The van der Waals surface area contributed by atoms with Gasteiger partial charge in [-0.1, -0.05) is 20.8 Å². The van der Waals surface area contributed by atoms with Gasteiger partial charge in [0.2, 0.25) is 28.2 Å². The number of carbonyl (C=O) groups is 4. The molecule has 0 unspecified atom stereocenters. The average molecular weight is 733 g/mol. The maximum Gasteiger partial charge on any atom is 0.317 e. The first-order valence-corrected chi connectivity index (χ1v) is 18.3. The van der Waals surface area contributed by atoms with Gasteiger partial charge in [0.15, 0.2) is 0 Å². The van der Waals surface area contributed by atoms with Gasteiger partial charge in [0, 0.05) is 37.8 Å². The van der Waals surface area contributed by atoms with Crippen molar-refractivity contribution in [1.29, 1.82) is 0 Å². The summed E-state index contributed by atoms with van der Waals surface area (Å²) in [6.45, 7) is 15.5. The van der Waals surface area contributed by atoms with E-state index in [0.29, 0.717) is 43.8 Å². The number of amides is 5. The Morgan fingerprint density at radius 2 is 1.71 bits per heavy atom. The molecule has 1 aromatic carbocycles. The summed E-state index contributed by atoms with van der Waals surface area (Å²) in [5.74, 6) is 1.35. The quantitative estimate of drug-likeness (QED) is 0.172. The van der Waals surface area contributed by atoms with E-state index in [-0.39, 0.29) is 47.7 Å². The topological polar surface area (TPSA) is 187 Å². The van der Waals surface area contributed by atoms with Gasteiger partial charge in [-0.25, -0.2) is 13.2 Å². The standard InChI is InChI=1S/C14H24N4O3.C10H9NO2.C4H7NO3S.C4H10.C2H4.C2H2/c1-3-17(2)14(21)15-9-12(19)18-8-4-5-11(18)13(20)16-10-6-7-10;1-13-8-2-3-9-7(6-8)4-5-11-10(9)12;6-3-5-9(7,8)4-1-2-4;1-4(2)3;2*1-2/h10-11H,3-9H2,1-2H3,(H,15,21)(H,16,20);2-6H,1H3,(H,11,12);3-4H,1-2H2,(H,5,6);4H,1-3H3;1-2H2;1-2H/t11-;;;;;/m0...../s1. The Morgan fingerprint density at radius 3 is 2.22 bits per heavy atom. The molecule has 284 valence electrons. The number of fused-ring (bicyclic) bond motifs is 1. The van der Waals surface area contributed by atoms with Crippen molar-refractivity contribution in [3.05, 3.63) is 54.0 Å². The first kappa shape index (κ1) is 46.2. The van der Waals surface area contributed by atoms with Crippen LogP contribution < -0.4 is 25.7 Å². The summed E-state index contributed by atoms with van der Waals surface area (Å²) >= 11 is 0. The van der Waals surface area contributed by atoms with Crippen LogP contribution in [0.3, 0.4) is 0 Å². The number of terminal acetylenes is 1. The third kappa shape index (κ3) is 17.6. The zero-order valence-corrected chi connectivity index (χ0v) is 31.6. The van der Waals surface area contributed by atoms with Crippen molar-refractivity contribution in [2.24, 2.45) is 5.92 Å². The number of urea groups is 1. The van der Waals surface area contributed by atoms with E-state index in [9.17, 15) is 32.4 Å². The second-order valence-electron chi connectivity index (χ2n) is 12.2. The minimum Gasteiger partial charge on any atom is -0.497 e. The third-order valence-electron chi connectivity index (χ3n) is 7.17. The number of pyridine rings is 1. The molecule has 0 bridgehead atoms. The molecular formula is C36H56N6O8S. The Morgan fingerprint density at radius 1 is 1.10 bits per heavy atom. The summed E-state index contributed by atoms with van der Waals surface area (Å²) in [6, 6.07) is 6.87. The summed E-state index contributed by atoms with van der Waals surface area (Å²) in [5, 5.41) is 6.80. The number of likely N-dealkylation sites (tertiary alicyclic amines) is 1. The maximum atomic E-state index is 12.2. The number of methoxy groups -OCH3 is 1.